The summed E-state index contributed by atoms with van der Waals surface area (Å²) in [5.41, 5.74) is 0.711. The van der Waals surface area contributed by atoms with Gasteiger partial charge in [-0.05, 0) is 43.4 Å². The van der Waals surface area contributed by atoms with Crippen molar-refractivity contribution in [3.05, 3.63) is 0 Å². The van der Waals surface area contributed by atoms with Crippen LogP contribution in [0.1, 0.15) is 44.9 Å². The molecule has 0 amide bonds. The minimum Gasteiger partial charge on any atom is -0.481 e. The number of carbonyl (C=O) groups is 1. The van der Waals surface area contributed by atoms with Crippen molar-refractivity contribution in [1.82, 2.24) is 0 Å². The third kappa shape index (κ3) is 1.35. The molecule has 2 heteroatoms. The molecule has 2 saturated carbocycles. The van der Waals surface area contributed by atoms with E-state index in [-0.39, 0.29) is 0 Å². The second-order valence-corrected chi connectivity index (χ2v) is 4.56. The lowest BCUT2D eigenvalue weighted by atomic mass is 9.51. The van der Waals surface area contributed by atoms with Crippen molar-refractivity contribution in [3.63, 3.8) is 0 Å². The van der Waals surface area contributed by atoms with Crippen molar-refractivity contribution >= 4 is 5.97 Å². The van der Waals surface area contributed by atoms with Crippen molar-refractivity contribution < 1.29 is 9.90 Å². The quantitative estimate of drug-likeness (QED) is 0.702. The summed E-state index contributed by atoms with van der Waals surface area (Å²) in [6.07, 6.45) is 8.16. The zero-order valence-electron chi connectivity index (χ0n) is 7.38. The first-order chi connectivity index (χ1) is 5.70. The van der Waals surface area contributed by atoms with Gasteiger partial charge in [0.05, 0.1) is 0 Å². The molecule has 2 fully saturated rings. The van der Waals surface area contributed by atoms with E-state index in [1.54, 1.807) is 0 Å². The van der Waals surface area contributed by atoms with Gasteiger partial charge in [0.15, 0.2) is 0 Å². The van der Waals surface area contributed by atoms with Gasteiger partial charge in [-0.15, -0.1) is 0 Å². The van der Waals surface area contributed by atoms with E-state index < -0.39 is 5.97 Å². The van der Waals surface area contributed by atoms with Crippen LogP contribution < -0.4 is 0 Å². The highest BCUT2D eigenvalue weighted by atomic mass is 16.4. The average molecular weight is 168 g/mol. The molecule has 12 heavy (non-hydrogen) atoms. The van der Waals surface area contributed by atoms with Gasteiger partial charge in [0, 0.05) is 6.42 Å². The van der Waals surface area contributed by atoms with Crippen LogP contribution in [0.5, 0.6) is 0 Å². The Labute approximate surface area is 73.0 Å². The van der Waals surface area contributed by atoms with Gasteiger partial charge in [0.1, 0.15) is 0 Å². The van der Waals surface area contributed by atoms with Crippen LogP contribution in [0.25, 0.3) is 0 Å². The first kappa shape index (κ1) is 8.09. The topological polar surface area (TPSA) is 37.3 Å². The van der Waals surface area contributed by atoms with E-state index in [1.165, 1.54) is 32.1 Å². The maximum Gasteiger partial charge on any atom is 0.303 e. The Balaban J connectivity index is 1.64. The molecule has 2 nitrogen and oxygen atoms in total. The van der Waals surface area contributed by atoms with E-state index in [0.717, 1.165) is 12.3 Å². The largest absolute Gasteiger partial charge is 0.481 e. The third-order valence-corrected chi connectivity index (χ3v) is 3.62. The maximum absolute atomic E-state index is 10.3. The van der Waals surface area contributed by atoms with E-state index in [2.05, 4.69) is 0 Å². The number of hydrogen-bond acceptors (Lipinski definition) is 1. The fraction of sp³-hybridized carbons (Fsp3) is 0.900. The van der Waals surface area contributed by atoms with Crippen LogP contribution >= 0.6 is 0 Å². The minimum atomic E-state index is -0.635. The standard InChI is InChI=1S/C10H16O2/c11-9(12)3-2-8-6-10(7-8)4-1-5-10/h8H,1-7H2,(H,11,12). The van der Waals surface area contributed by atoms with Gasteiger partial charge in [-0.2, -0.15) is 0 Å². The van der Waals surface area contributed by atoms with Gasteiger partial charge in [0.2, 0.25) is 0 Å². The summed E-state index contributed by atoms with van der Waals surface area (Å²) in [5.74, 6) is 0.103. The first-order valence-electron chi connectivity index (χ1n) is 4.92. The molecule has 0 atom stereocenters. The van der Waals surface area contributed by atoms with Crippen molar-refractivity contribution in [1.29, 1.82) is 0 Å². The predicted molar refractivity (Wildman–Crippen MR) is 45.9 cm³/mol. The van der Waals surface area contributed by atoms with Gasteiger partial charge in [-0.3, -0.25) is 4.79 Å². The number of hydrogen-bond donors (Lipinski definition) is 1. The SMILES string of the molecule is O=C(O)CCC1CC2(CCC2)C1. The molecule has 2 rings (SSSR count). The van der Waals surface area contributed by atoms with Crippen LogP contribution in [0.3, 0.4) is 0 Å². The zero-order valence-corrected chi connectivity index (χ0v) is 7.38. The summed E-state index contributed by atoms with van der Waals surface area (Å²) >= 11 is 0. The van der Waals surface area contributed by atoms with Crippen LogP contribution in [0.2, 0.25) is 0 Å². The van der Waals surface area contributed by atoms with Crippen LogP contribution in [0.15, 0.2) is 0 Å². The molecule has 0 saturated heterocycles. The molecular weight excluding hydrogens is 152 g/mol. The number of carboxylic acid groups (broad SMARTS) is 1. The van der Waals surface area contributed by atoms with Gasteiger partial charge < -0.3 is 5.11 Å². The number of aliphatic carboxylic acids is 1. The van der Waals surface area contributed by atoms with E-state index in [4.69, 9.17) is 5.11 Å². The second kappa shape index (κ2) is 2.75. The van der Waals surface area contributed by atoms with Crippen molar-refractivity contribution in [2.75, 3.05) is 0 Å². The van der Waals surface area contributed by atoms with E-state index >= 15 is 0 Å². The summed E-state index contributed by atoms with van der Waals surface area (Å²) in [7, 11) is 0. The minimum absolute atomic E-state index is 0.376. The van der Waals surface area contributed by atoms with Crippen molar-refractivity contribution in [2.24, 2.45) is 11.3 Å². The monoisotopic (exact) mass is 168 g/mol. The number of carboxylic acids is 1. The molecule has 0 aliphatic heterocycles. The molecule has 1 spiro atoms. The molecule has 2 aliphatic rings. The molecule has 0 bridgehead atoms. The van der Waals surface area contributed by atoms with Gasteiger partial charge in [-0.1, -0.05) is 6.42 Å². The maximum atomic E-state index is 10.3. The lowest BCUT2D eigenvalue weighted by molar-refractivity contribution is -0.138. The Kier molecular flexibility index (Phi) is 1.85. The molecule has 0 aromatic rings. The smallest absolute Gasteiger partial charge is 0.303 e. The van der Waals surface area contributed by atoms with Gasteiger partial charge in [0.25, 0.3) is 0 Å². The highest BCUT2D eigenvalue weighted by Crippen LogP contribution is 2.59. The van der Waals surface area contributed by atoms with Gasteiger partial charge >= 0.3 is 5.97 Å². The van der Waals surface area contributed by atoms with Gasteiger partial charge in [-0.25, -0.2) is 0 Å². The second-order valence-electron chi connectivity index (χ2n) is 4.56. The van der Waals surface area contributed by atoms with E-state index in [0.29, 0.717) is 11.8 Å². The zero-order chi connectivity index (χ0) is 8.60. The summed E-state index contributed by atoms with van der Waals surface area (Å²) in [4.78, 5) is 10.3. The fourth-order valence-electron chi connectivity index (χ4n) is 2.78. The van der Waals surface area contributed by atoms with Crippen LogP contribution in [0.4, 0.5) is 0 Å². The summed E-state index contributed by atoms with van der Waals surface area (Å²) in [6, 6.07) is 0. The third-order valence-electron chi connectivity index (χ3n) is 3.62. The van der Waals surface area contributed by atoms with Crippen LogP contribution in [-0.2, 0) is 4.79 Å². The van der Waals surface area contributed by atoms with Crippen molar-refractivity contribution in [2.45, 2.75) is 44.9 Å². The highest BCUT2D eigenvalue weighted by molar-refractivity contribution is 5.66. The lowest BCUT2D eigenvalue weighted by Gasteiger charge is -2.54. The normalized spacial score (nSPS) is 26.3. The Morgan fingerprint density at radius 1 is 1.42 bits per heavy atom. The first-order valence-corrected chi connectivity index (χ1v) is 4.92. The van der Waals surface area contributed by atoms with E-state index in [9.17, 15) is 4.79 Å². The Morgan fingerprint density at radius 3 is 2.50 bits per heavy atom. The molecule has 1 N–H and O–H groups in total. The predicted octanol–water partition coefficient (Wildman–Crippen LogP) is 2.43. The van der Waals surface area contributed by atoms with Crippen molar-refractivity contribution in [3.8, 4) is 0 Å². The lowest BCUT2D eigenvalue weighted by Crippen LogP contribution is -2.42. The molecule has 0 radical (unpaired) electrons. The summed E-state index contributed by atoms with van der Waals surface area (Å²) in [6.45, 7) is 0. The Bertz CT molecular complexity index is 186. The molecule has 0 aromatic heterocycles. The summed E-state index contributed by atoms with van der Waals surface area (Å²) in [5, 5.41) is 8.48. The highest BCUT2D eigenvalue weighted by Gasteiger charge is 2.47. The molecule has 0 unspecified atom stereocenters. The number of rotatable bonds is 3. The van der Waals surface area contributed by atoms with E-state index in [1.807, 2.05) is 0 Å². The Morgan fingerprint density at radius 2 is 2.08 bits per heavy atom. The molecule has 2 aliphatic carbocycles. The average Bonchev–Trinajstić information content (AvgIpc) is 1.79. The molecular formula is C10H16O2. The van der Waals surface area contributed by atoms with Crippen LogP contribution in [-0.4, -0.2) is 11.1 Å². The van der Waals surface area contributed by atoms with Crippen LogP contribution in [0, 0.1) is 11.3 Å². The fourth-order valence-corrected chi connectivity index (χ4v) is 2.78. The molecule has 0 heterocycles. The molecule has 68 valence electrons. The Hall–Kier alpha value is -0.530. The summed E-state index contributed by atoms with van der Waals surface area (Å²) < 4.78 is 0. The molecule has 0 aromatic carbocycles.